The van der Waals surface area contributed by atoms with Crippen molar-refractivity contribution in [1.82, 2.24) is 15.2 Å². The molecule has 6 heteroatoms. The van der Waals surface area contributed by atoms with Crippen molar-refractivity contribution in [1.29, 1.82) is 0 Å². The van der Waals surface area contributed by atoms with Gasteiger partial charge in [-0.15, -0.1) is 11.3 Å². The normalized spacial score (nSPS) is 17.9. The molecule has 0 aliphatic carbocycles. The summed E-state index contributed by atoms with van der Waals surface area (Å²) in [5, 5.41) is 5.38. The fourth-order valence-electron chi connectivity index (χ4n) is 1.93. The summed E-state index contributed by atoms with van der Waals surface area (Å²) in [6.45, 7) is 4.43. The van der Waals surface area contributed by atoms with Crippen LogP contribution in [0.1, 0.15) is 25.3 Å². The zero-order chi connectivity index (χ0) is 12.5. The van der Waals surface area contributed by atoms with Crippen LogP contribution in [0.25, 0.3) is 0 Å². The minimum absolute atomic E-state index is 0.0592. The van der Waals surface area contributed by atoms with Gasteiger partial charge in [-0.3, -0.25) is 9.59 Å². The van der Waals surface area contributed by atoms with Gasteiger partial charge in [0, 0.05) is 24.5 Å². The first-order chi connectivity index (χ1) is 8.01. The maximum Gasteiger partial charge on any atom is 0.242 e. The van der Waals surface area contributed by atoms with Crippen molar-refractivity contribution in [2.75, 3.05) is 13.1 Å². The Morgan fingerprint density at radius 1 is 1.47 bits per heavy atom. The van der Waals surface area contributed by atoms with Gasteiger partial charge in [-0.05, 0) is 13.8 Å². The highest BCUT2D eigenvalue weighted by Crippen LogP contribution is 2.29. The van der Waals surface area contributed by atoms with Crippen LogP contribution in [0.4, 0.5) is 0 Å². The molecule has 0 spiro atoms. The molecular weight excluding hydrogens is 238 g/mol. The molecular formula is C11H15N3O2S. The van der Waals surface area contributed by atoms with Crippen molar-refractivity contribution in [2.45, 2.75) is 25.8 Å². The van der Waals surface area contributed by atoms with Crippen molar-refractivity contribution in [3.63, 3.8) is 0 Å². The van der Waals surface area contributed by atoms with Crippen LogP contribution in [-0.4, -0.2) is 34.8 Å². The van der Waals surface area contributed by atoms with E-state index in [9.17, 15) is 9.59 Å². The van der Waals surface area contributed by atoms with Gasteiger partial charge < -0.3 is 10.2 Å². The molecule has 0 atom stereocenters. The molecule has 1 aromatic rings. The second kappa shape index (κ2) is 4.44. The van der Waals surface area contributed by atoms with Gasteiger partial charge in [0.15, 0.2) is 0 Å². The number of hydrogen-bond donors (Lipinski definition) is 1. The number of carbonyl (C=O) groups excluding carboxylic acids is 2. The zero-order valence-corrected chi connectivity index (χ0v) is 10.7. The Morgan fingerprint density at radius 2 is 2.24 bits per heavy atom. The van der Waals surface area contributed by atoms with Gasteiger partial charge in [-0.1, -0.05) is 0 Å². The van der Waals surface area contributed by atoms with E-state index >= 15 is 0 Å². The van der Waals surface area contributed by atoms with Crippen molar-refractivity contribution in [3.8, 4) is 0 Å². The average Bonchev–Trinajstić information content (AvgIpc) is 2.75. The monoisotopic (exact) mass is 253 g/mol. The highest BCUT2D eigenvalue weighted by Gasteiger charge is 2.36. The number of rotatable bonds is 2. The van der Waals surface area contributed by atoms with Crippen LogP contribution < -0.4 is 5.32 Å². The zero-order valence-electron chi connectivity index (χ0n) is 9.90. The molecule has 1 fully saturated rings. The highest BCUT2D eigenvalue weighted by molar-refractivity contribution is 7.09. The lowest BCUT2D eigenvalue weighted by Gasteiger charge is -2.36. The maximum absolute atomic E-state index is 12.0. The molecule has 0 saturated carbocycles. The molecule has 0 radical (unpaired) electrons. The molecule has 1 aliphatic heterocycles. The lowest BCUT2D eigenvalue weighted by molar-refractivity contribution is -0.135. The molecule has 2 rings (SSSR count). The van der Waals surface area contributed by atoms with Crippen molar-refractivity contribution in [2.24, 2.45) is 0 Å². The molecule has 0 unspecified atom stereocenters. The van der Waals surface area contributed by atoms with E-state index in [2.05, 4.69) is 10.3 Å². The number of thiazole rings is 1. The summed E-state index contributed by atoms with van der Waals surface area (Å²) in [5.74, 6) is -0.133. The summed E-state index contributed by atoms with van der Waals surface area (Å²) >= 11 is 1.52. The second-order valence-corrected chi connectivity index (χ2v) is 5.36. The van der Waals surface area contributed by atoms with Crippen molar-refractivity contribution >= 4 is 23.2 Å². The first-order valence-corrected chi connectivity index (χ1v) is 6.37. The number of nitrogens with zero attached hydrogens (tertiary/aromatic N) is 2. The van der Waals surface area contributed by atoms with Crippen LogP contribution in [0.2, 0.25) is 0 Å². The third kappa shape index (κ3) is 2.31. The smallest absolute Gasteiger partial charge is 0.242 e. The van der Waals surface area contributed by atoms with Gasteiger partial charge in [0.2, 0.25) is 11.8 Å². The molecule has 0 aromatic carbocycles. The molecule has 2 heterocycles. The summed E-state index contributed by atoms with van der Waals surface area (Å²) in [6, 6.07) is 0. The summed E-state index contributed by atoms with van der Waals surface area (Å²) in [6.07, 6.45) is 2.08. The topological polar surface area (TPSA) is 62.3 Å². The standard InChI is InChI=1S/C11H15N3O2S/c1-11(2,10-12-4-6-17-10)14-5-3-8(15)13-7-9(14)16/h4,6H,3,5,7H2,1-2H3,(H,13,15). The highest BCUT2D eigenvalue weighted by atomic mass is 32.1. The molecule has 1 saturated heterocycles. The van der Waals surface area contributed by atoms with E-state index in [1.54, 1.807) is 11.1 Å². The Kier molecular flexibility index (Phi) is 3.15. The predicted molar refractivity (Wildman–Crippen MR) is 64.5 cm³/mol. The van der Waals surface area contributed by atoms with Gasteiger partial charge in [0.1, 0.15) is 5.01 Å². The van der Waals surface area contributed by atoms with Crippen LogP contribution in [0.15, 0.2) is 11.6 Å². The Morgan fingerprint density at radius 3 is 2.88 bits per heavy atom. The summed E-state index contributed by atoms with van der Waals surface area (Å²) in [7, 11) is 0. The minimum atomic E-state index is -0.461. The first-order valence-electron chi connectivity index (χ1n) is 5.49. The summed E-state index contributed by atoms with van der Waals surface area (Å²) in [4.78, 5) is 29.3. The van der Waals surface area contributed by atoms with Crippen LogP contribution in [0, 0.1) is 0 Å². The Bertz CT molecular complexity index is 428. The number of amides is 2. The number of aromatic nitrogens is 1. The quantitative estimate of drug-likeness (QED) is 0.845. The molecule has 17 heavy (non-hydrogen) atoms. The van der Waals surface area contributed by atoms with Crippen LogP contribution in [-0.2, 0) is 15.1 Å². The SMILES string of the molecule is CC(C)(c1nccs1)N1CCC(=O)NCC1=O. The van der Waals surface area contributed by atoms with Crippen LogP contribution in [0.5, 0.6) is 0 Å². The predicted octanol–water partition coefficient (Wildman–Crippen LogP) is 0.727. The van der Waals surface area contributed by atoms with Crippen molar-refractivity contribution in [3.05, 3.63) is 16.6 Å². The summed E-state index contributed by atoms with van der Waals surface area (Å²) < 4.78 is 0. The minimum Gasteiger partial charge on any atom is -0.347 e. The van der Waals surface area contributed by atoms with Gasteiger partial charge >= 0.3 is 0 Å². The third-order valence-corrected chi connectivity index (χ3v) is 4.02. The lowest BCUT2D eigenvalue weighted by atomic mass is 10.0. The Balaban J connectivity index is 2.25. The molecule has 1 N–H and O–H groups in total. The van der Waals surface area contributed by atoms with E-state index in [1.165, 1.54) is 11.3 Å². The molecule has 2 amide bonds. The number of carbonyl (C=O) groups is 2. The van der Waals surface area contributed by atoms with Gasteiger partial charge in [-0.2, -0.15) is 0 Å². The van der Waals surface area contributed by atoms with E-state index in [1.807, 2.05) is 19.2 Å². The lowest BCUT2D eigenvalue weighted by Crippen LogP contribution is -2.47. The molecule has 5 nitrogen and oxygen atoms in total. The van der Waals surface area contributed by atoms with Crippen LogP contribution >= 0.6 is 11.3 Å². The fourth-order valence-corrected chi connectivity index (χ4v) is 2.70. The Hall–Kier alpha value is -1.43. The van der Waals surface area contributed by atoms with Gasteiger partial charge in [-0.25, -0.2) is 4.98 Å². The molecule has 92 valence electrons. The Labute approximate surface area is 104 Å². The van der Waals surface area contributed by atoms with E-state index in [4.69, 9.17) is 0 Å². The summed E-state index contributed by atoms with van der Waals surface area (Å²) in [5.41, 5.74) is -0.461. The number of hydrogen-bond acceptors (Lipinski definition) is 4. The molecule has 1 aromatic heterocycles. The largest absolute Gasteiger partial charge is 0.347 e. The molecule has 0 bridgehead atoms. The third-order valence-electron chi connectivity index (χ3n) is 2.93. The molecule has 1 aliphatic rings. The maximum atomic E-state index is 12.0. The van der Waals surface area contributed by atoms with E-state index in [-0.39, 0.29) is 18.4 Å². The van der Waals surface area contributed by atoms with E-state index < -0.39 is 5.54 Å². The fraction of sp³-hybridized carbons (Fsp3) is 0.545. The van der Waals surface area contributed by atoms with Crippen LogP contribution in [0.3, 0.4) is 0 Å². The van der Waals surface area contributed by atoms with E-state index in [0.717, 1.165) is 5.01 Å². The van der Waals surface area contributed by atoms with Gasteiger partial charge in [0.25, 0.3) is 0 Å². The number of nitrogens with one attached hydrogen (secondary N) is 1. The van der Waals surface area contributed by atoms with Crippen molar-refractivity contribution < 1.29 is 9.59 Å². The first kappa shape index (κ1) is 12.0. The van der Waals surface area contributed by atoms with Gasteiger partial charge in [0.05, 0.1) is 12.1 Å². The average molecular weight is 253 g/mol. The second-order valence-electron chi connectivity index (χ2n) is 4.47. The van der Waals surface area contributed by atoms with E-state index in [0.29, 0.717) is 13.0 Å².